The Morgan fingerprint density at radius 1 is 1.37 bits per heavy atom. The van der Waals surface area contributed by atoms with Crippen molar-refractivity contribution < 1.29 is 18.8 Å². The zero-order chi connectivity index (χ0) is 21.3. The lowest BCUT2D eigenvalue weighted by Gasteiger charge is -2.36. The molecule has 2 fully saturated rings. The molecule has 1 amide bonds. The molecule has 0 aromatic carbocycles. The van der Waals surface area contributed by atoms with Gasteiger partial charge in [0.25, 0.3) is 5.91 Å². The number of carbonyl (C=O) groups is 2. The van der Waals surface area contributed by atoms with Crippen molar-refractivity contribution in [3.8, 4) is 0 Å². The second kappa shape index (κ2) is 8.22. The van der Waals surface area contributed by atoms with E-state index in [0.717, 1.165) is 17.9 Å². The Labute approximate surface area is 176 Å². The summed E-state index contributed by atoms with van der Waals surface area (Å²) < 4.78 is 12.8. The number of hydrogen-bond donors (Lipinski definition) is 0. The highest BCUT2D eigenvalue weighted by Crippen LogP contribution is 2.43. The molecule has 9 nitrogen and oxygen atoms in total. The van der Waals surface area contributed by atoms with Gasteiger partial charge in [-0.05, 0) is 26.3 Å². The molecule has 2 saturated heterocycles. The Bertz CT molecular complexity index is 912. The first-order chi connectivity index (χ1) is 14.4. The van der Waals surface area contributed by atoms with Crippen molar-refractivity contribution in [2.24, 2.45) is 12.5 Å². The number of cyclic esters (lactones) is 1. The Morgan fingerprint density at radius 2 is 2.13 bits per heavy atom. The molecule has 1 spiro atoms. The lowest BCUT2D eigenvalue weighted by Crippen LogP contribution is -2.45. The van der Waals surface area contributed by atoms with Crippen molar-refractivity contribution in [1.82, 2.24) is 24.5 Å². The molecular formula is C21H29N5O4. The number of nitrogens with zero attached hydrogens (tertiary/aromatic N) is 5. The van der Waals surface area contributed by atoms with Gasteiger partial charge in [-0.15, -0.1) is 0 Å². The van der Waals surface area contributed by atoms with E-state index in [-0.39, 0.29) is 18.0 Å². The molecule has 1 atom stereocenters. The number of amides is 1. The summed E-state index contributed by atoms with van der Waals surface area (Å²) in [5, 5.41) is 4.02. The van der Waals surface area contributed by atoms with Crippen LogP contribution in [0.2, 0.25) is 0 Å². The standard InChI is InChI=1S/C21H29N5O4/c1-4-15-11-16(30-23-15)13-24(2)14-17-12-21(20(28)29-17)5-8-26(9-6-21)19(27)18-22-7-10-25(18)3/h7,10-11,17H,4-6,8-9,12-14H2,1-3H3. The monoisotopic (exact) mass is 415 g/mol. The minimum atomic E-state index is -0.481. The number of carbonyl (C=O) groups excluding carboxylic acids is 2. The van der Waals surface area contributed by atoms with E-state index in [4.69, 9.17) is 9.26 Å². The van der Waals surface area contributed by atoms with Gasteiger partial charge in [0.2, 0.25) is 0 Å². The van der Waals surface area contributed by atoms with E-state index in [1.807, 2.05) is 27.1 Å². The number of likely N-dealkylation sites (tertiary alicyclic amines) is 1. The summed E-state index contributed by atoms with van der Waals surface area (Å²) in [4.78, 5) is 33.4. The fourth-order valence-corrected chi connectivity index (χ4v) is 4.47. The van der Waals surface area contributed by atoms with E-state index in [2.05, 4.69) is 15.0 Å². The van der Waals surface area contributed by atoms with Crippen LogP contribution in [0.15, 0.2) is 23.0 Å². The van der Waals surface area contributed by atoms with Gasteiger partial charge >= 0.3 is 5.97 Å². The fourth-order valence-electron chi connectivity index (χ4n) is 4.47. The first-order valence-electron chi connectivity index (χ1n) is 10.5. The molecule has 0 saturated carbocycles. The van der Waals surface area contributed by atoms with Crippen molar-refractivity contribution in [3.63, 3.8) is 0 Å². The summed E-state index contributed by atoms with van der Waals surface area (Å²) in [6.45, 7) is 4.39. The second-order valence-corrected chi connectivity index (χ2v) is 8.50. The molecule has 0 N–H and O–H groups in total. The van der Waals surface area contributed by atoms with Gasteiger partial charge in [-0.25, -0.2) is 4.98 Å². The molecule has 4 heterocycles. The largest absolute Gasteiger partial charge is 0.461 e. The average Bonchev–Trinajstić information content (AvgIpc) is 3.42. The van der Waals surface area contributed by atoms with Crippen LogP contribution in [0.25, 0.3) is 0 Å². The van der Waals surface area contributed by atoms with Gasteiger partial charge in [0, 0.05) is 51.6 Å². The van der Waals surface area contributed by atoms with E-state index in [1.54, 1.807) is 21.9 Å². The maximum Gasteiger partial charge on any atom is 0.312 e. The molecular weight excluding hydrogens is 386 g/mol. The van der Waals surface area contributed by atoms with Gasteiger partial charge in [-0.2, -0.15) is 0 Å². The lowest BCUT2D eigenvalue weighted by atomic mass is 9.76. The van der Waals surface area contributed by atoms with Gasteiger partial charge in [-0.1, -0.05) is 12.1 Å². The minimum absolute atomic E-state index is 0.0847. The summed E-state index contributed by atoms with van der Waals surface area (Å²) in [6, 6.07) is 1.97. The maximum absolute atomic E-state index is 12.7. The number of aryl methyl sites for hydroxylation is 2. The quantitative estimate of drug-likeness (QED) is 0.662. The normalized spacial score (nSPS) is 20.9. The van der Waals surface area contributed by atoms with Crippen LogP contribution in [0.1, 0.15) is 48.3 Å². The first kappa shape index (κ1) is 20.6. The molecule has 0 aliphatic carbocycles. The van der Waals surface area contributed by atoms with Crippen LogP contribution in [-0.4, -0.2) is 69.2 Å². The molecule has 30 heavy (non-hydrogen) atoms. The predicted molar refractivity (Wildman–Crippen MR) is 107 cm³/mol. The van der Waals surface area contributed by atoms with Crippen molar-refractivity contribution in [1.29, 1.82) is 0 Å². The summed E-state index contributed by atoms with van der Waals surface area (Å²) in [6.07, 6.45) is 6.03. The first-order valence-corrected chi connectivity index (χ1v) is 10.5. The summed E-state index contributed by atoms with van der Waals surface area (Å²) in [5.74, 6) is 1.03. The van der Waals surface area contributed by atoms with E-state index in [9.17, 15) is 9.59 Å². The Morgan fingerprint density at radius 3 is 2.77 bits per heavy atom. The third kappa shape index (κ3) is 3.98. The van der Waals surface area contributed by atoms with Crippen LogP contribution >= 0.6 is 0 Å². The highest BCUT2D eigenvalue weighted by atomic mass is 16.6. The maximum atomic E-state index is 12.7. The predicted octanol–water partition coefficient (Wildman–Crippen LogP) is 1.64. The smallest absolute Gasteiger partial charge is 0.312 e. The van der Waals surface area contributed by atoms with E-state index in [0.29, 0.717) is 51.3 Å². The van der Waals surface area contributed by atoms with E-state index in [1.165, 1.54) is 0 Å². The summed E-state index contributed by atoms with van der Waals surface area (Å²) >= 11 is 0. The molecule has 4 rings (SSSR count). The number of imidazole rings is 1. The minimum Gasteiger partial charge on any atom is -0.461 e. The van der Waals surface area contributed by atoms with Gasteiger partial charge in [0.1, 0.15) is 6.10 Å². The molecule has 162 valence electrons. The number of likely N-dealkylation sites (N-methyl/N-ethyl adjacent to an activating group) is 1. The van der Waals surface area contributed by atoms with Crippen LogP contribution in [0.5, 0.6) is 0 Å². The van der Waals surface area contributed by atoms with Crippen LogP contribution in [0, 0.1) is 5.41 Å². The number of rotatable bonds is 6. The fraction of sp³-hybridized carbons (Fsp3) is 0.619. The average molecular weight is 415 g/mol. The van der Waals surface area contributed by atoms with E-state index >= 15 is 0 Å². The molecule has 2 aliphatic heterocycles. The number of esters is 1. The van der Waals surface area contributed by atoms with Gasteiger partial charge < -0.3 is 18.7 Å². The highest BCUT2D eigenvalue weighted by Gasteiger charge is 2.51. The summed E-state index contributed by atoms with van der Waals surface area (Å²) in [7, 11) is 3.80. The van der Waals surface area contributed by atoms with Crippen LogP contribution in [0.3, 0.4) is 0 Å². The van der Waals surface area contributed by atoms with E-state index < -0.39 is 5.41 Å². The molecule has 0 bridgehead atoms. The highest BCUT2D eigenvalue weighted by molar-refractivity contribution is 5.91. The SMILES string of the molecule is CCc1cc(CN(C)CC2CC3(CCN(C(=O)c4nccn4C)CC3)C(=O)O2)on1. The van der Waals surface area contributed by atoms with Crippen molar-refractivity contribution >= 4 is 11.9 Å². The molecule has 2 aliphatic rings. The molecule has 2 aromatic rings. The number of piperidine rings is 1. The summed E-state index contributed by atoms with van der Waals surface area (Å²) in [5.41, 5.74) is 0.461. The molecule has 0 radical (unpaired) electrons. The van der Waals surface area contributed by atoms with Gasteiger partial charge in [-0.3, -0.25) is 14.5 Å². The zero-order valence-electron chi connectivity index (χ0n) is 17.8. The topological polar surface area (TPSA) is 93.7 Å². The number of ether oxygens (including phenoxy) is 1. The van der Waals surface area contributed by atoms with Crippen LogP contribution < -0.4 is 0 Å². The molecule has 1 unspecified atom stereocenters. The zero-order valence-corrected chi connectivity index (χ0v) is 17.8. The van der Waals surface area contributed by atoms with Crippen LogP contribution in [0.4, 0.5) is 0 Å². The van der Waals surface area contributed by atoms with Crippen molar-refractivity contribution in [2.45, 2.75) is 45.3 Å². The Balaban J connectivity index is 1.31. The van der Waals surface area contributed by atoms with Crippen molar-refractivity contribution in [2.75, 3.05) is 26.7 Å². The lowest BCUT2D eigenvalue weighted by molar-refractivity contribution is -0.151. The third-order valence-electron chi connectivity index (χ3n) is 6.26. The van der Waals surface area contributed by atoms with Gasteiger partial charge in [0.15, 0.2) is 11.6 Å². The van der Waals surface area contributed by atoms with Crippen molar-refractivity contribution in [3.05, 3.63) is 35.7 Å². The van der Waals surface area contributed by atoms with Gasteiger partial charge in [0.05, 0.1) is 17.7 Å². The third-order valence-corrected chi connectivity index (χ3v) is 6.26. The Kier molecular flexibility index (Phi) is 5.64. The molecule has 9 heteroatoms. The van der Waals surface area contributed by atoms with Crippen LogP contribution in [-0.2, 0) is 29.5 Å². The number of hydrogen-bond acceptors (Lipinski definition) is 7. The molecule has 2 aromatic heterocycles. The second-order valence-electron chi connectivity index (χ2n) is 8.50. The Hall–Kier alpha value is -2.68. The number of aromatic nitrogens is 3.